The number of ether oxygens (including phenoxy) is 1. The summed E-state index contributed by atoms with van der Waals surface area (Å²) in [4.78, 5) is 5.45. The standard InChI is InChI=1S/C16H18N2O5/c17-8-11-6-12-14(20)15(21)16(11,7-13(19)23-12)18-22-9-10-4-2-1-3-5-10/h1-6,12-15,18-21H,7,9H2/t12?,13-,14-,15?,16?/m1/s1. The van der Waals surface area contributed by atoms with Gasteiger partial charge in [-0.1, -0.05) is 30.3 Å². The summed E-state index contributed by atoms with van der Waals surface area (Å²) in [6.07, 6.45) is -3.48. The summed E-state index contributed by atoms with van der Waals surface area (Å²) in [5.74, 6) is 0. The van der Waals surface area contributed by atoms with E-state index in [1.165, 1.54) is 6.08 Å². The lowest BCUT2D eigenvalue weighted by molar-refractivity contribution is -0.144. The molecule has 1 fully saturated rings. The minimum atomic E-state index is -1.42. The molecule has 0 amide bonds. The van der Waals surface area contributed by atoms with Crippen LogP contribution in [0.4, 0.5) is 0 Å². The number of hydrogen-bond donors (Lipinski definition) is 4. The summed E-state index contributed by atoms with van der Waals surface area (Å²) >= 11 is 0. The SMILES string of the molecule is N#CC1=CC2O[C@@H](O)CC1(NOCc1ccccc1)C(O)[C@@H]2O. The number of aliphatic hydroxyl groups is 3. The maximum atomic E-state index is 10.4. The fourth-order valence-electron chi connectivity index (χ4n) is 3.01. The number of nitrogens with zero attached hydrogens (tertiary/aromatic N) is 1. The lowest BCUT2D eigenvalue weighted by Gasteiger charge is -2.41. The van der Waals surface area contributed by atoms with E-state index in [0.717, 1.165) is 5.56 Å². The molecule has 0 aromatic heterocycles. The molecule has 1 aromatic rings. The van der Waals surface area contributed by atoms with Gasteiger partial charge in [-0.3, -0.25) is 4.84 Å². The van der Waals surface area contributed by atoms with Crippen LogP contribution in [0.3, 0.4) is 0 Å². The molecule has 122 valence electrons. The molecule has 4 rings (SSSR count). The minimum absolute atomic E-state index is 0.115. The summed E-state index contributed by atoms with van der Waals surface area (Å²) in [5, 5.41) is 39.8. The van der Waals surface area contributed by atoms with Gasteiger partial charge >= 0.3 is 0 Å². The van der Waals surface area contributed by atoms with E-state index in [4.69, 9.17) is 9.57 Å². The second kappa shape index (κ2) is 6.37. The van der Waals surface area contributed by atoms with Crippen LogP contribution in [0.5, 0.6) is 0 Å². The van der Waals surface area contributed by atoms with Crippen LogP contribution < -0.4 is 5.48 Å². The molecule has 3 unspecified atom stereocenters. The van der Waals surface area contributed by atoms with Gasteiger partial charge in [0.05, 0.1) is 18.2 Å². The maximum Gasteiger partial charge on any atom is 0.157 e. The van der Waals surface area contributed by atoms with Crippen LogP contribution in [0, 0.1) is 11.3 Å². The number of nitrogens with one attached hydrogen (secondary N) is 1. The smallest absolute Gasteiger partial charge is 0.157 e. The number of hydroxylamine groups is 1. The van der Waals surface area contributed by atoms with Gasteiger partial charge in [0.2, 0.25) is 0 Å². The molecule has 1 aromatic carbocycles. The molecule has 7 nitrogen and oxygen atoms in total. The van der Waals surface area contributed by atoms with Crippen molar-refractivity contribution in [1.82, 2.24) is 5.48 Å². The minimum Gasteiger partial charge on any atom is -0.388 e. The van der Waals surface area contributed by atoms with Crippen LogP contribution in [0.2, 0.25) is 0 Å². The fourth-order valence-corrected chi connectivity index (χ4v) is 3.01. The summed E-state index contributed by atoms with van der Waals surface area (Å²) in [6.45, 7) is 0.199. The zero-order valence-corrected chi connectivity index (χ0v) is 12.3. The Morgan fingerprint density at radius 1 is 1.30 bits per heavy atom. The lowest BCUT2D eigenvalue weighted by Crippen LogP contribution is -2.62. The van der Waals surface area contributed by atoms with E-state index < -0.39 is 30.1 Å². The molecule has 4 N–H and O–H groups in total. The van der Waals surface area contributed by atoms with E-state index >= 15 is 0 Å². The van der Waals surface area contributed by atoms with E-state index in [1.807, 2.05) is 36.4 Å². The second-order valence-corrected chi connectivity index (χ2v) is 5.73. The van der Waals surface area contributed by atoms with Gasteiger partial charge in [-0.25, -0.2) is 0 Å². The first-order valence-electron chi connectivity index (χ1n) is 7.32. The predicted molar refractivity (Wildman–Crippen MR) is 78.3 cm³/mol. The Balaban J connectivity index is 1.82. The topological polar surface area (TPSA) is 115 Å². The zero-order valence-electron chi connectivity index (χ0n) is 12.3. The third-order valence-electron chi connectivity index (χ3n) is 4.24. The van der Waals surface area contributed by atoms with Crippen molar-refractivity contribution in [2.24, 2.45) is 0 Å². The molecule has 3 aliphatic rings. The molecule has 1 saturated heterocycles. The van der Waals surface area contributed by atoms with Gasteiger partial charge < -0.3 is 20.1 Å². The van der Waals surface area contributed by atoms with Gasteiger partial charge in [0.25, 0.3) is 0 Å². The third-order valence-corrected chi connectivity index (χ3v) is 4.24. The van der Waals surface area contributed by atoms with E-state index in [0.29, 0.717) is 0 Å². The summed E-state index contributed by atoms with van der Waals surface area (Å²) < 4.78 is 5.23. The van der Waals surface area contributed by atoms with Crippen molar-refractivity contribution in [1.29, 1.82) is 5.26 Å². The second-order valence-electron chi connectivity index (χ2n) is 5.73. The highest BCUT2D eigenvalue weighted by Crippen LogP contribution is 2.39. The number of aliphatic hydroxyl groups excluding tert-OH is 3. The van der Waals surface area contributed by atoms with Crippen molar-refractivity contribution in [2.45, 2.75) is 43.2 Å². The monoisotopic (exact) mass is 318 g/mol. The molecular weight excluding hydrogens is 300 g/mol. The largest absolute Gasteiger partial charge is 0.388 e. The Hall–Kier alpha value is -1.79. The Morgan fingerprint density at radius 3 is 2.74 bits per heavy atom. The van der Waals surface area contributed by atoms with Crippen LogP contribution in [-0.4, -0.2) is 45.5 Å². The average molecular weight is 318 g/mol. The first kappa shape index (κ1) is 16.1. The molecular formula is C16H18N2O5. The fraction of sp³-hybridized carbons (Fsp3) is 0.438. The average Bonchev–Trinajstić information content (AvgIpc) is 2.75. The molecule has 2 aliphatic heterocycles. The molecule has 0 radical (unpaired) electrons. The number of rotatable bonds is 4. The molecule has 7 heteroatoms. The Morgan fingerprint density at radius 2 is 2.04 bits per heavy atom. The zero-order chi connectivity index (χ0) is 16.4. The maximum absolute atomic E-state index is 10.4. The molecule has 0 spiro atoms. The normalized spacial score (nSPS) is 36.2. The first-order valence-corrected chi connectivity index (χ1v) is 7.32. The van der Waals surface area contributed by atoms with Crippen LogP contribution in [0.15, 0.2) is 42.0 Å². The van der Waals surface area contributed by atoms with E-state index in [1.54, 1.807) is 0 Å². The number of benzene rings is 1. The Labute approximate surface area is 133 Å². The van der Waals surface area contributed by atoms with Gasteiger partial charge in [0.1, 0.15) is 23.9 Å². The van der Waals surface area contributed by atoms with Crippen LogP contribution >= 0.6 is 0 Å². The van der Waals surface area contributed by atoms with Crippen molar-refractivity contribution < 1.29 is 24.9 Å². The highest BCUT2D eigenvalue weighted by Gasteiger charge is 2.55. The van der Waals surface area contributed by atoms with Crippen molar-refractivity contribution in [3.05, 3.63) is 47.5 Å². The van der Waals surface area contributed by atoms with Gasteiger partial charge in [-0.05, 0) is 11.6 Å². The lowest BCUT2D eigenvalue weighted by atomic mass is 9.75. The van der Waals surface area contributed by atoms with Crippen LogP contribution in [0.1, 0.15) is 12.0 Å². The van der Waals surface area contributed by atoms with Gasteiger partial charge in [-0.15, -0.1) is 0 Å². The number of fused-ring (bicyclic) bond motifs is 3. The van der Waals surface area contributed by atoms with E-state index in [-0.39, 0.29) is 18.6 Å². The van der Waals surface area contributed by atoms with E-state index in [9.17, 15) is 20.6 Å². The highest BCUT2D eigenvalue weighted by atomic mass is 16.7. The van der Waals surface area contributed by atoms with Crippen molar-refractivity contribution in [2.75, 3.05) is 0 Å². The van der Waals surface area contributed by atoms with E-state index in [2.05, 4.69) is 5.48 Å². The molecule has 23 heavy (non-hydrogen) atoms. The summed E-state index contributed by atoms with van der Waals surface area (Å²) in [7, 11) is 0. The molecule has 5 atom stereocenters. The quantitative estimate of drug-likeness (QED) is 0.565. The van der Waals surface area contributed by atoms with Crippen LogP contribution in [0.25, 0.3) is 0 Å². The summed E-state index contributed by atoms with van der Waals surface area (Å²) in [5.41, 5.74) is 2.33. The molecule has 2 bridgehead atoms. The third kappa shape index (κ3) is 2.88. The van der Waals surface area contributed by atoms with Crippen LogP contribution in [-0.2, 0) is 16.2 Å². The number of hydrogen-bond acceptors (Lipinski definition) is 7. The van der Waals surface area contributed by atoms with Crippen molar-refractivity contribution in [3.63, 3.8) is 0 Å². The molecule has 0 saturated carbocycles. The van der Waals surface area contributed by atoms with Crippen molar-refractivity contribution in [3.8, 4) is 6.07 Å². The highest BCUT2D eigenvalue weighted by molar-refractivity contribution is 5.41. The summed E-state index contributed by atoms with van der Waals surface area (Å²) in [6, 6.07) is 11.3. The Bertz CT molecular complexity index is 629. The number of nitriles is 1. The van der Waals surface area contributed by atoms with Crippen molar-refractivity contribution >= 4 is 0 Å². The van der Waals surface area contributed by atoms with Gasteiger partial charge in [0, 0.05) is 6.42 Å². The van der Waals surface area contributed by atoms with Gasteiger partial charge in [-0.2, -0.15) is 10.7 Å². The Kier molecular flexibility index (Phi) is 4.46. The first-order chi connectivity index (χ1) is 11.1. The predicted octanol–water partition coefficient (Wildman–Crippen LogP) is -0.261. The molecule has 1 aliphatic carbocycles. The van der Waals surface area contributed by atoms with Gasteiger partial charge in [0.15, 0.2) is 6.29 Å². The molecule has 2 heterocycles.